The summed E-state index contributed by atoms with van der Waals surface area (Å²) in [5, 5.41) is 3.29. The highest BCUT2D eigenvalue weighted by Crippen LogP contribution is 2.24. The third-order valence-corrected chi connectivity index (χ3v) is 2.64. The van der Waals surface area contributed by atoms with Crippen molar-refractivity contribution in [2.24, 2.45) is 0 Å². The molecule has 0 amide bonds. The fourth-order valence-electron chi connectivity index (χ4n) is 1.92. The lowest BCUT2D eigenvalue weighted by Crippen LogP contribution is -2.28. The molecular weight excluding hydrogens is 165 g/mol. The molecule has 2 heteroatoms. The molecule has 0 radical (unpaired) electrons. The number of benzene rings is 1. The van der Waals surface area contributed by atoms with Gasteiger partial charge in [0.2, 0.25) is 0 Å². The summed E-state index contributed by atoms with van der Waals surface area (Å²) in [6, 6.07) is 7.10. The summed E-state index contributed by atoms with van der Waals surface area (Å²) in [6.07, 6.45) is 2.26. The van der Waals surface area contributed by atoms with E-state index in [1.807, 2.05) is 12.1 Å². The van der Waals surface area contributed by atoms with Crippen molar-refractivity contribution < 1.29 is 4.39 Å². The second kappa shape index (κ2) is 3.88. The highest BCUT2D eigenvalue weighted by molar-refractivity contribution is 5.22. The first-order valence-corrected chi connectivity index (χ1v) is 4.83. The van der Waals surface area contributed by atoms with Crippen LogP contribution < -0.4 is 5.32 Å². The van der Waals surface area contributed by atoms with Crippen LogP contribution in [0.3, 0.4) is 0 Å². The molecule has 0 bridgehead atoms. The Morgan fingerprint density at radius 3 is 2.85 bits per heavy atom. The third-order valence-electron chi connectivity index (χ3n) is 2.64. The van der Waals surface area contributed by atoms with Gasteiger partial charge in [-0.1, -0.05) is 18.2 Å². The van der Waals surface area contributed by atoms with Crippen molar-refractivity contribution >= 4 is 0 Å². The molecule has 1 fully saturated rings. The maximum absolute atomic E-state index is 13.3. The van der Waals surface area contributed by atoms with Gasteiger partial charge in [0.25, 0.3) is 0 Å². The van der Waals surface area contributed by atoms with E-state index in [0.717, 1.165) is 31.5 Å². The molecule has 0 aromatic heterocycles. The lowest BCUT2D eigenvalue weighted by Gasteiger charge is -2.23. The number of piperidine rings is 1. The van der Waals surface area contributed by atoms with Crippen LogP contribution >= 0.6 is 0 Å². The van der Waals surface area contributed by atoms with Crippen LogP contribution in [0.1, 0.15) is 24.3 Å². The van der Waals surface area contributed by atoms with E-state index < -0.39 is 0 Å². The van der Waals surface area contributed by atoms with Gasteiger partial charge < -0.3 is 5.32 Å². The fourth-order valence-corrected chi connectivity index (χ4v) is 1.92. The molecule has 0 spiro atoms. The van der Waals surface area contributed by atoms with Crippen molar-refractivity contribution in [3.63, 3.8) is 0 Å². The lowest BCUT2D eigenvalue weighted by atomic mass is 9.91. The van der Waals surface area contributed by atoms with Crippen LogP contribution in [0.4, 0.5) is 4.39 Å². The second-order valence-electron chi connectivity index (χ2n) is 3.56. The fraction of sp³-hybridized carbons (Fsp3) is 0.455. The molecule has 1 saturated heterocycles. The lowest BCUT2D eigenvalue weighted by molar-refractivity contribution is 0.446. The Hall–Kier alpha value is -0.890. The number of hydrogen-bond donors (Lipinski definition) is 1. The smallest absolute Gasteiger partial charge is 0.126 e. The average Bonchev–Trinajstić information content (AvgIpc) is 2.20. The molecule has 1 heterocycles. The topological polar surface area (TPSA) is 12.0 Å². The van der Waals surface area contributed by atoms with Crippen molar-refractivity contribution in [1.82, 2.24) is 5.32 Å². The summed E-state index contributed by atoms with van der Waals surface area (Å²) in [5.74, 6) is 0.311. The van der Waals surface area contributed by atoms with Gasteiger partial charge in [0.15, 0.2) is 0 Å². The second-order valence-corrected chi connectivity index (χ2v) is 3.56. The Morgan fingerprint density at radius 1 is 1.31 bits per heavy atom. The van der Waals surface area contributed by atoms with Gasteiger partial charge in [-0.3, -0.25) is 0 Å². The first-order valence-electron chi connectivity index (χ1n) is 4.83. The summed E-state index contributed by atoms with van der Waals surface area (Å²) in [7, 11) is 0. The van der Waals surface area contributed by atoms with Crippen molar-refractivity contribution in [3.8, 4) is 0 Å². The average molecular weight is 179 g/mol. The summed E-state index contributed by atoms with van der Waals surface area (Å²) in [4.78, 5) is 0. The van der Waals surface area contributed by atoms with Crippen LogP contribution in [0.5, 0.6) is 0 Å². The van der Waals surface area contributed by atoms with Crippen LogP contribution in [-0.2, 0) is 0 Å². The van der Waals surface area contributed by atoms with Gasteiger partial charge in [0, 0.05) is 6.54 Å². The first kappa shape index (κ1) is 8.70. The van der Waals surface area contributed by atoms with Gasteiger partial charge in [-0.2, -0.15) is 0 Å². The van der Waals surface area contributed by atoms with E-state index in [-0.39, 0.29) is 5.82 Å². The van der Waals surface area contributed by atoms with E-state index in [4.69, 9.17) is 0 Å². The van der Waals surface area contributed by atoms with Gasteiger partial charge >= 0.3 is 0 Å². The molecule has 1 N–H and O–H groups in total. The Balaban J connectivity index is 2.18. The minimum Gasteiger partial charge on any atom is -0.316 e. The molecule has 1 atom stereocenters. The van der Waals surface area contributed by atoms with Crippen LogP contribution in [0.15, 0.2) is 24.3 Å². The molecule has 1 aliphatic heterocycles. The Kier molecular flexibility index (Phi) is 2.60. The zero-order valence-electron chi connectivity index (χ0n) is 7.59. The first-order chi connectivity index (χ1) is 6.38. The number of halogens is 1. The predicted molar refractivity (Wildman–Crippen MR) is 51.2 cm³/mol. The zero-order valence-corrected chi connectivity index (χ0v) is 7.59. The molecular formula is C11H14FN. The van der Waals surface area contributed by atoms with E-state index in [1.165, 1.54) is 0 Å². The highest BCUT2D eigenvalue weighted by atomic mass is 19.1. The third kappa shape index (κ3) is 1.89. The van der Waals surface area contributed by atoms with Gasteiger partial charge in [-0.25, -0.2) is 4.39 Å². The molecule has 1 aromatic carbocycles. The molecule has 13 heavy (non-hydrogen) atoms. The summed E-state index contributed by atoms with van der Waals surface area (Å²) in [5.41, 5.74) is 0.870. The van der Waals surface area contributed by atoms with Crippen molar-refractivity contribution in [1.29, 1.82) is 0 Å². The van der Waals surface area contributed by atoms with E-state index in [2.05, 4.69) is 5.32 Å². The Morgan fingerprint density at radius 2 is 2.15 bits per heavy atom. The molecule has 0 aliphatic carbocycles. The van der Waals surface area contributed by atoms with Gasteiger partial charge in [0.1, 0.15) is 5.82 Å². The molecule has 70 valence electrons. The quantitative estimate of drug-likeness (QED) is 0.697. The minimum atomic E-state index is -0.0591. The Bertz CT molecular complexity index is 279. The molecule has 0 unspecified atom stereocenters. The Labute approximate surface area is 78.0 Å². The van der Waals surface area contributed by atoms with Crippen molar-refractivity contribution in [2.75, 3.05) is 13.1 Å². The monoisotopic (exact) mass is 179 g/mol. The maximum Gasteiger partial charge on any atom is 0.126 e. The number of rotatable bonds is 1. The van der Waals surface area contributed by atoms with Gasteiger partial charge in [0.05, 0.1) is 0 Å². The molecule has 1 aromatic rings. The number of nitrogens with one attached hydrogen (secondary N) is 1. The van der Waals surface area contributed by atoms with Crippen molar-refractivity contribution in [2.45, 2.75) is 18.8 Å². The summed E-state index contributed by atoms with van der Waals surface area (Å²) >= 11 is 0. The van der Waals surface area contributed by atoms with E-state index in [1.54, 1.807) is 12.1 Å². The van der Waals surface area contributed by atoms with Crippen LogP contribution in [0, 0.1) is 5.82 Å². The largest absolute Gasteiger partial charge is 0.316 e. The SMILES string of the molecule is Fc1ccccc1[C@H]1CCCNC1. The zero-order chi connectivity index (χ0) is 9.10. The molecule has 0 saturated carbocycles. The summed E-state index contributed by atoms with van der Waals surface area (Å²) < 4.78 is 13.3. The van der Waals surface area contributed by atoms with E-state index in [9.17, 15) is 4.39 Å². The van der Waals surface area contributed by atoms with Gasteiger partial charge in [-0.15, -0.1) is 0 Å². The normalized spacial score (nSPS) is 23.0. The summed E-state index contributed by atoms with van der Waals surface area (Å²) in [6.45, 7) is 1.99. The van der Waals surface area contributed by atoms with Crippen LogP contribution in [0.25, 0.3) is 0 Å². The minimum absolute atomic E-state index is 0.0591. The maximum atomic E-state index is 13.3. The van der Waals surface area contributed by atoms with Crippen LogP contribution in [-0.4, -0.2) is 13.1 Å². The molecule has 2 rings (SSSR count). The van der Waals surface area contributed by atoms with E-state index >= 15 is 0 Å². The molecule has 1 nitrogen and oxygen atoms in total. The number of hydrogen-bond acceptors (Lipinski definition) is 1. The highest BCUT2D eigenvalue weighted by Gasteiger charge is 2.17. The van der Waals surface area contributed by atoms with E-state index in [0.29, 0.717) is 5.92 Å². The van der Waals surface area contributed by atoms with Gasteiger partial charge in [-0.05, 0) is 36.9 Å². The molecule has 1 aliphatic rings. The predicted octanol–water partition coefficient (Wildman–Crippen LogP) is 2.29. The standard InChI is InChI=1S/C11H14FN/c12-11-6-2-1-5-10(11)9-4-3-7-13-8-9/h1-2,5-6,9,13H,3-4,7-8H2/t9-/m0/s1. The van der Waals surface area contributed by atoms with Crippen LogP contribution in [0.2, 0.25) is 0 Å². The van der Waals surface area contributed by atoms with Crippen molar-refractivity contribution in [3.05, 3.63) is 35.6 Å².